The molecular weight excluding hydrogens is 196 g/mol. The molecule has 0 spiro atoms. The molecule has 2 fully saturated rings. The molecule has 0 amide bonds. The van der Waals surface area contributed by atoms with Gasteiger partial charge in [-0.3, -0.25) is 4.79 Å². The minimum atomic E-state index is 0.354. The van der Waals surface area contributed by atoms with Crippen molar-refractivity contribution in [2.45, 2.75) is 53.4 Å². The third-order valence-electron chi connectivity index (χ3n) is 5.74. The summed E-state index contributed by atoms with van der Waals surface area (Å²) in [6.07, 6.45) is 4.55. The number of carbonyl (C=O) groups is 1. The second-order valence-corrected chi connectivity index (χ2v) is 6.97. The normalized spacial score (nSPS) is 45.1. The van der Waals surface area contributed by atoms with Crippen LogP contribution in [0.1, 0.15) is 53.4 Å². The maximum atomic E-state index is 11.9. The third-order valence-corrected chi connectivity index (χ3v) is 5.74. The summed E-state index contributed by atoms with van der Waals surface area (Å²) in [6, 6.07) is 0. The van der Waals surface area contributed by atoms with Gasteiger partial charge in [0.2, 0.25) is 0 Å². The van der Waals surface area contributed by atoms with Gasteiger partial charge in [0, 0.05) is 6.42 Å². The van der Waals surface area contributed by atoms with Crippen molar-refractivity contribution in [1.82, 2.24) is 0 Å². The number of allylic oxidation sites excluding steroid dienone is 2. The second-order valence-electron chi connectivity index (χ2n) is 6.97. The third kappa shape index (κ3) is 1.10. The minimum Gasteiger partial charge on any atom is -0.295 e. The first-order valence-corrected chi connectivity index (χ1v) is 6.62. The number of hydrogen-bond acceptors (Lipinski definition) is 1. The van der Waals surface area contributed by atoms with Gasteiger partial charge in [0.25, 0.3) is 0 Å². The molecule has 0 bridgehead atoms. The lowest BCUT2D eigenvalue weighted by atomic mass is 9.63. The summed E-state index contributed by atoms with van der Waals surface area (Å²) in [5.41, 5.74) is 3.48. The van der Waals surface area contributed by atoms with Crippen molar-refractivity contribution in [3.05, 3.63) is 11.1 Å². The van der Waals surface area contributed by atoms with Crippen molar-refractivity contribution >= 4 is 5.78 Å². The highest BCUT2D eigenvalue weighted by atomic mass is 16.1. The van der Waals surface area contributed by atoms with E-state index in [1.165, 1.54) is 12.8 Å². The van der Waals surface area contributed by atoms with Crippen LogP contribution in [0.4, 0.5) is 0 Å². The molecule has 88 valence electrons. The first-order valence-electron chi connectivity index (χ1n) is 6.62. The van der Waals surface area contributed by atoms with Gasteiger partial charge in [-0.25, -0.2) is 0 Å². The van der Waals surface area contributed by atoms with Crippen LogP contribution in [0.25, 0.3) is 0 Å². The summed E-state index contributed by atoms with van der Waals surface area (Å²) in [5, 5.41) is 0. The molecule has 2 saturated carbocycles. The Hall–Kier alpha value is -0.590. The molecule has 1 heteroatoms. The van der Waals surface area contributed by atoms with Crippen LogP contribution in [0.2, 0.25) is 0 Å². The van der Waals surface area contributed by atoms with Crippen molar-refractivity contribution in [3.8, 4) is 0 Å². The lowest BCUT2D eigenvalue weighted by Crippen LogP contribution is -2.32. The summed E-state index contributed by atoms with van der Waals surface area (Å²) >= 11 is 0. The lowest BCUT2D eigenvalue weighted by Gasteiger charge is -2.40. The van der Waals surface area contributed by atoms with Crippen LogP contribution >= 0.6 is 0 Å². The van der Waals surface area contributed by atoms with Crippen LogP contribution in [0.5, 0.6) is 0 Å². The predicted octanol–water partition coefficient (Wildman–Crippen LogP) is 3.74. The van der Waals surface area contributed by atoms with Crippen LogP contribution in [-0.2, 0) is 4.79 Å². The van der Waals surface area contributed by atoms with E-state index in [-0.39, 0.29) is 0 Å². The van der Waals surface area contributed by atoms with E-state index in [0.29, 0.717) is 16.6 Å². The average molecular weight is 218 g/mol. The summed E-state index contributed by atoms with van der Waals surface area (Å²) in [6.45, 7) is 9.23. The second kappa shape index (κ2) is 2.80. The number of rotatable bonds is 0. The molecular formula is C15H22O. The van der Waals surface area contributed by atoms with Gasteiger partial charge < -0.3 is 0 Å². The molecule has 0 aromatic heterocycles. The highest BCUT2D eigenvalue weighted by Gasteiger charge is 2.64. The predicted molar refractivity (Wildman–Crippen MR) is 65.0 cm³/mol. The zero-order valence-corrected chi connectivity index (χ0v) is 10.9. The monoisotopic (exact) mass is 218 g/mol. The van der Waals surface area contributed by atoms with Crippen molar-refractivity contribution in [3.63, 3.8) is 0 Å². The van der Waals surface area contributed by atoms with E-state index in [1.807, 2.05) is 0 Å². The van der Waals surface area contributed by atoms with Gasteiger partial charge in [0.1, 0.15) is 0 Å². The Morgan fingerprint density at radius 1 is 1.19 bits per heavy atom. The van der Waals surface area contributed by atoms with Crippen molar-refractivity contribution < 1.29 is 4.79 Å². The van der Waals surface area contributed by atoms with Crippen LogP contribution in [-0.4, -0.2) is 5.78 Å². The molecule has 0 N–H and O–H groups in total. The molecule has 3 aliphatic carbocycles. The molecule has 0 unspecified atom stereocenters. The quantitative estimate of drug-likeness (QED) is 0.605. The molecule has 3 atom stereocenters. The van der Waals surface area contributed by atoms with Gasteiger partial charge in [0.05, 0.1) is 0 Å². The van der Waals surface area contributed by atoms with Gasteiger partial charge in [0.15, 0.2) is 5.78 Å². The molecule has 1 nitrogen and oxygen atoms in total. The Kier molecular flexibility index (Phi) is 1.85. The largest absolute Gasteiger partial charge is 0.295 e. The molecule has 3 aliphatic rings. The first-order chi connectivity index (χ1) is 7.38. The summed E-state index contributed by atoms with van der Waals surface area (Å²) < 4.78 is 0. The average Bonchev–Trinajstić information content (AvgIpc) is 2.76. The van der Waals surface area contributed by atoms with E-state index in [9.17, 15) is 4.79 Å². The Morgan fingerprint density at radius 2 is 1.88 bits per heavy atom. The number of fused-ring (bicyclic) bond motifs is 3. The van der Waals surface area contributed by atoms with Crippen LogP contribution < -0.4 is 0 Å². The molecule has 3 rings (SSSR count). The maximum absolute atomic E-state index is 11.9. The fraction of sp³-hybridized carbons (Fsp3) is 0.800. The van der Waals surface area contributed by atoms with Gasteiger partial charge in [-0.05, 0) is 54.4 Å². The van der Waals surface area contributed by atoms with E-state index in [0.717, 1.165) is 30.3 Å². The number of carbonyl (C=O) groups excluding carboxylic acids is 1. The van der Waals surface area contributed by atoms with E-state index < -0.39 is 0 Å². The lowest BCUT2D eigenvalue weighted by molar-refractivity contribution is -0.117. The molecule has 0 radical (unpaired) electrons. The molecule has 0 aromatic carbocycles. The number of hydrogen-bond donors (Lipinski definition) is 0. The topological polar surface area (TPSA) is 17.1 Å². The van der Waals surface area contributed by atoms with Crippen molar-refractivity contribution in [2.24, 2.45) is 22.7 Å². The molecule has 0 heterocycles. The summed E-state index contributed by atoms with van der Waals surface area (Å²) in [4.78, 5) is 11.9. The van der Waals surface area contributed by atoms with Gasteiger partial charge >= 0.3 is 0 Å². The van der Waals surface area contributed by atoms with Gasteiger partial charge in [-0.2, -0.15) is 0 Å². The van der Waals surface area contributed by atoms with Crippen LogP contribution in [0, 0.1) is 22.7 Å². The number of Topliss-reactive ketones (excluding diaryl/α,β-unsaturated/α-hetero) is 1. The highest BCUT2D eigenvalue weighted by Crippen LogP contribution is 2.72. The first kappa shape index (κ1) is 10.6. The van der Waals surface area contributed by atoms with Gasteiger partial charge in [-0.15, -0.1) is 0 Å². The minimum absolute atomic E-state index is 0.354. The Labute approximate surface area is 98.3 Å². The molecule has 16 heavy (non-hydrogen) atoms. The Balaban J connectivity index is 2.11. The van der Waals surface area contributed by atoms with E-state index in [1.54, 1.807) is 5.57 Å². The zero-order valence-electron chi connectivity index (χ0n) is 10.9. The van der Waals surface area contributed by atoms with Crippen molar-refractivity contribution in [2.75, 3.05) is 0 Å². The fourth-order valence-electron chi connectivity index (χ4n) is 4.51. The summed E-state index contributed by atoms with van der Waals surface area (Å²) in [7, 11) is 0. The summed E-state index contributed by atoms with van der Waals surface area (Å²) in [5.74, 6) is 1.99. The molecule has 0 aromatic rings. The molecule has 0 saturated heterocycles. The SMILES string of the molecule is CC1=C2[C@H]3[C@@H](CC[C@@]2(C)CCC1=O)C3(C)C. The smallest absolute Gasteiger partial charge is 0.158 e. The van der Waals surface area contributed by atoms with Crippen LogP contribution in [0.15, 0.2) is 11.1 Å². The highest BCUT2D eigenvalue weighted by molar-refractivity contribution is 5.97. The fourth-order valence-corrected chi connectivity index (χ4v) is 4.51. The van der Waals surface area contributed by atoms with E-state index in [2.05, 4.69) is 27.7 Å². The Morgan fingerprint density at radius 3 is 2.56 bits per heavy atom. The van der Waals surface area contributed by atoms with E-state index >= 15 is 0 Å². The van der Waals surface area contributed by atoms with Crippen LogP contribution in [0.3, 0.4) is 0 Å². The van der Waals surface area contributed by atoms with Crippen molar-refractivity contribution in [1.29, 1.82) is 0 Å². The van der Waals surface area contributed by atoms with Gasteiger partial charge in [-0.1, -0.05) is 26.3 Å². The molecule has 0 aliphatic heterocycles. The standard InChI is InChI=1S/C15H22O/c1-9-11(16)6-8-15(4)7-5-10-13(12(9)15)14(10,2)3/h10,13H,5-8H2,1-4H3/t10-,13-,15+/m1/s1. The number of ketones is 1. The zero-order chi connectivity index (χ0) is 11.7. The maximum Gasteiger partial charge on any atom is 0.158 e. The Bertz CT molecular complexity index is 402. The van der Waals surface area contributed by atoms with E-state index in [4.69, 9.17) is 0 Å².